The van der Waals surface area contributed by atoms with Crippen molar-refractivity contribution in [2.45, 2.75) is 0 Å². The molecule has 0 N–H and O–H groups in total. The second-order valence-electron chi connectivity index (χ2n) is 2.27. The van der Waals surface area contributed by atoms with Gasteiger partial charge in [-0.25, -0.2) is 0 Å². The van der Waals surface area contributed by atoms with Gasteiger partial charge in [-0.05, 0) is 23.8 Å². The molecular formula is C8H5BrClNO2. The monoisotopic (exact) mass is 261 g/mol. The zero-order chi connectivity index (χ0) is 9.84. The molecule has 3 nitrogen and oxygen atoms in total. The van der Waals surface area contributed by atoms with Crippen molar-refractivity contribution in [2.24, 2.45) is 0 Å². The molecule has 0 amide bonds. The first-order valence-corrected chi connectivity index (χ1v) is 4.53. The second-order valence-corrected chi connectivity index (χ2v) is 3.56. The van der Waals surface area contributed by atoms with E-state index in [1.165, 1.54) is 6.08 Å². The van der Waals surface area contributed by atoms with Gasteiger partial charge in [0.25, 0.3) is 0 Å². The van der Waals surface area contributed by atoms with Gasteiger partial charge < -0.3 is 0 Å². The van der Waals surface area contributed by atoms with Crippen LogP contribution in [0.15, 0.2) is 28.9 Å². The minimum atomic E-state index is -0.520. The molecule has 0 saturated heterocycles. The number of rotatable bonds is 2. The Morgan fingerprint density at radius 2 is 2.23 bits per heavy atom. The molecule has 0 aliphatic carbocycles. The predicted octanol–water partition coefficient (Wildman–Crippen LogP) is 3.35. The number of halogens is 2. The number of nitro groups is 1. The predicted molar refractivity (Wildman–Crippen MR) is 55.2 cm³/mol. The van der Waals surface area contributed by atoms with Crippen LogP contribution >= 0.6 is 27.5 Å². The van der Waals surface area contributed by atoms with E-state index in [9.17, 15) is 10.1 Å². The molecule has 0 saturated carbocycles. The molecule has 0 radical (unpaired) electrons. The highest BCUT2D eigenvalue weighted by atomic mass is 79.9. The van der Waals surface area contributed by atoms with E-state index in [1.54, 1.807) is 18.2 Å². The van der Waals surface area contributed by atoms with Crippen molar-refractivity contribution in [3.05, 3.63) is 49.6 Å². The van der Waals surface area contributed by atoms with Gasteiger partial charge in [0.1, 0.15) is 0 Å². The van der Waals surface area contributed by atoms with Crippen molar-refractivity contribution in [3.63, 3.8) is 0 Å². The Morgan fingerprint density at radius 3 is 2.85 bits per heavy atom. The van der Waals surface area contributed by atoms with Gasteiger partial charge in [0.05, 0.1) is 4.92 Å². The van der Waals surface area contributed by atoms with Crippen LogP contribution in [-0.2, 0) is 0 Å². The van der Waals surface area contributed by atoms with E-state index in [0.717, 1.165) is 10.7 Å². The van der Waals surface area contributed by atoms with Gasteiger partial charge in [-0.2, -0.15) is 0 Å². The Bertz CT molecular complexity index is 365. The van der Waals surface area contributed by atoms with E-state index >= 15 is 0 Å². The van der Waals surface area contributed by atoms with Gasteiger partial charge in [-0.1, -0.05) is 27.5 Å². The summed E-state index contributed by atoms with van der Waals surface area (Å²) < 4.78 is 0.773. The Labute approximate surface area is 88.3 Å². The smallest absolute Gasteiger partial charge is 0.235 e. The number of hydrogen-bond donors (Lipinski definition) is 0. The lowest BCUT2D eigenvalue weighted by molar-refractivity contribution is -0.400. The maximum atomic E-state index is 10.0. The summed E-state index contributed by atoms with van der Waals surface area (Å²) in [5.41, 5.74) is 0.684. The van der Waals surface area contributed by atoms with Crippen LogP contribution in [-0.4, -0.2) is 4.92 Å². The van der Waals surface area contributed by atoms with Crippen molar-refractivity contribution in [2.75, 3.05) is 0 Å². The Kier molecular flexibility index (Phi) is 3.45. The maximum absolute atomic E-state index is 10.0. The van der Waals surface area contributed by atoms with Crippen molar-refractivity contribution < 1.29 is 4.92 Å². The van der Waals surface area contributed by atoms with E-state index in [0.29, 0.717) is 10.6 Å². The molecule has 0 heterocycles. The Hall–Kier alpha value is -0.870. The first-order chi connectivity index (χ1) is 6.09. The van der Waals surface area contributed by atoms with Crippen LogP contribution in [0.4, 0.5) is 0 Å². The highest BCUT2D eigenvalue weighted by Gasteiger charge is 1.98. The molecule has 0 unspecified atom stereocenters. The zero-order valence-corrected chi connectivity index (χ0v) is 8.75. The third-order valence-corrected chi connectivity index (χ3v) is 2.29. The third-order valence-electron chi connectivity index (χ3n) is 1.33. The number of hydrogen-bond acceptors (Lipinski definition) is 2. The minimum Gasteiger partial charge on any atom is -0.259 e. The van der Waals surface area contributed by atoms with Crippen LogP contribution in [0.5, 0.6) is 0 Å². The molecular weight excluding hydrogens is 257 g/mol. The van der Waals surface area contributed by atoms with Crippen molar-refractivity contribution in [1.29, 1.82) is 0 Å². The van der Waals surface area contributed by atoms with Crippen LogP contribution in [0.1, 0.15) is 5.56 Å². The molecule has 5 heteroatoms. The topological polar surface area (TPSA) is 43.1 Å². The molecule has 0 aliphatic heterocycles. The molecule has 68 valence electrons. The summed E-state index contributed by atoms with van der Waals surface area (Å²) in [6.07, 6.45) is 2.26. The second kappa shape index (κ2) is 4.39. The molecule has 1 aromatic rings. The summed E-state index contributed by atoms with van der Waals surface area (Å²) in [6, 6.07) is 5.09. The summed E-state index contributed by atoms with van der Waals surface area (Å²) in [6.45, 7) is 0. The van der Waals surface area contributed by atoms with E-state index in [1.807, 2.05) is 0 Å². The van der Waals surface area contributed by atoms with Crippen LogP contribution < -0.4 is 0 Å². The standard InChI is InChI=1S/C8H5BrClNO2/c9-8-2-1-7(10)5-6(8)3-4-11(12)13/h1-5H/b4-3+. The van der Waals surface area contributed by atoms with E-state index in [-0.39, 0.29) is 0 Å². The van der Waals surface area contributed by atoms with Crippen molar-refractivity contribution in [1.82, 2.24) is 0 Å². The highest BCUT2D eigenvalue weighted by Crippen LogP contribution is 2.22. The molecule has 1 rings (SSSR count). The normalized spacial score (nSPS) is 10.6. The summed E-state index contributed by atoms with van der Waals surface area (Å²) in [5.74, 6) is 0. The van der Waals surface area contributed by atoms with Gasteiger partial charge in [0.2, 0.25) is 6.20 Å². The van der Waals surface area contributed by atoms with Crippen LogP contribution in [0.2, 0.25) is 5.02 Å². The van der Waals surface area contributed by atoms with E-state index < -0.39 is 4.92 Å². The van der Waals surface area contributed by atoms with Crippen molar-refractivity contribution in [3.8, 4) is 0 Å². The molecule has 0 fully saturated rings. The number of nitrogens with zero attached hydrogens (tertiary/aromatic N) is 1. The summed E-state index contributed by atoms with van der Waals surface area (Å²) in [7, 11) is 0. The quantitative estimate of drug-likeness (QED) is 0.606. The zero-order valence-electron chi connectivity index (χ0n) is 6.41. The Morgan fingerprint density at radius 1 is 1.54 bits per heavy atom. The lowest BCUT2D eigenvalue weighted by Crippen LogP contribution is -1.83. The van der Waals surface area contributed by atoms with Gasteiger partial charge in [0, 0.05) is 15.6 Å². The highest BCUT2D eigenvalue weighted by molar-refractivity contribution is 9.10. The van der Waals surface area contributed by atoms with E-state index in [2.05, 4.69) is 15.9 Å². The number of benzene rings is 1. The molecule has 1 aromatic carbocycles. The molecule has 0 spiro atoms. The van der Waals surface area contributed by atoms with E-state index in [4.69, 9.17) is 11.6 Å². The Balaban J connectivity index is 3.00. The largest absolute Gasteiger partial charge is 0.259 e. The molecule has 0 aliphatic rings. The summed E-state index contributed by atoms with van der Waals surface area (Å²) in [4.78, 5) is 9.52. The SMILES string of the molecule is O=[N+]([O-])/C=C/c1cc(Cl)ccc1Br. The molecule has 0 bridgehead atoms. The van der Waals surface area contributed by atoms with Gasteiger partial charge in [-0.15, -0.1) is 0 Å². The van der Waals surface area contributed by atoms with Gasteiger partial charge in [0.15, 0.2) is 0 Å². The fourth-order valence-electron chi connectivity index (χ4n) is 0.783. The van der Waals surface area contributed by atoms with Crippen LogP contribution in [0.3, 0.4) is 0 Å². The lowest BCUT2D eigenvalue weighted by atomic mass is 10.2. The first-order valence-electron chi connectivity index (χ1n) is 3.36. The van der Waals surface area contributed by atoms with Crippen molar-refractivity contribution >= 4 is 33.6 Å². The van der Waals surface area contributed by atoms with Gasteiger partial charge in [-0.3, -0.25) is 10.1 Å². The third kappa shape index (κ3) is 3.16. The maximum Gasteiger partial charge on any atom is 0.235 e. The lowest BCUT2D eigenvalue weighted by Gasteiger charge is -1.96. The fraction of sp³-hybridized carbons (Fsp3) is 0. The molecule has 13 heavy (non-hydrogen) atoms. The first kappa shape index (κ1) is 10.2. The summed E-state index contributed by atoms with van der Waals surface area (Å²) in [5, 5.41) is 10.6. The molecule has 0 aromatic heterocycles. The van der Waals surface area contributed by atoms with Crippen LogP contribution in [0, 0.1) is 10.1 Å². The van der Waals surface area contributed by atoms with Gasteiger partial charge >= 0.3 is 0 Å². The fourth-order valence-corrected chi connectivity index (χ4v) is 1.34. The summed E-state index contributed by atoms with van der Waals surface area (Å²) >= 11 is 8.96. The average Bonchev–Trinajstić information content (AvgIpc) is 2.06. The average molecular weight is 262 g/mol. The minimum absolute atomic E-state index is 0.520. The molecule has 0 atom stereocenters. The van der Waals surface area contributed by atoms with Crippen LogP contribution in [0.25, 0.3) is 6.08 Å².